The number of allylic oxidation sites excluding steroid dienone is 1. The van der Waals surface area contributed by atoms with E-state index in [1.165, 1.54) is 7.11 Å². The van der Waals surface area contributed by atoms with Crippen molar-refractivity contribution < 1.29 is 9.53 Å². The summed E-state index contributed by atoms with van der Waals surface area (Å²) in [7, 11) is 7.34. The normalized spacial score (nSPS) is 14.7. The molecule has 0 bridgehead atoms. The Morgan fingerprint density at radius 1 is 1.44 bits per heavy atom. The maximum Gasteiger partial charge on any atom is 0.337 e. The summed E-state index contributed by atoms with van der Waals surface area (Å²) in [6.07, 6.45) is 5.06. The number of esters is 1. The maximum atomic E-state index is 11.4. The highest BCUT2D eigenvalue weighted by molar-refractivity contribution is 6.42. The molecule has 0 fully saturated rings. The lowest BCUT2D eigenvalue weighted by molar-refractivity contribution is 0.0600. The molecule has 0 saturated carbocycles. The number of hydrogen-bond acceptors (Lipinski definition) is 2. The maximum absolute atomic E-state index is 11.4. The smallest absolute Gasteiger partial charge is 0.337 e. The molecule has 1 aliphatic rings. The largest absolute Gasteiger partial charge is 0.465 e. The van der Waals surface area contributed by atoms with Crippen molar-refractivity contribution in [3.05, 3.63) is 41.0 Å². The zero-order chi connectivity index (χ0) is 11.5. The number of fused-ring (bicyclic) bond motifs is 1. The van der Waals surface area contributed by atoms with Crippen molar-refractivity contribution >= 4 is 19.3 Å². The van der Waals surface area contributed by atoms with Gasteiger partial charge in [-0.05, 0) is 42.5 Å². The van der Waals surface area contributed by atoms with E-state index in [4.69, 9.17) is 12.6 Å². The van der Waals surface area contributed by atoms with Crippen LogP contribution in [0.25, 0.3) is 5.47 Å². The van der Waals surface area contributed by atoms with Crippen molar-refractivity contribution in [2.45, 2.75) is 19.3 Å². The topological polar surface area (TPSA) is 26.3 Å². The molecule has 1 aromatic carbocycles. The average Bonchev–Trinajstić information content (AvgIpc) is 2.50. The summed E-state index contributed by atoms with van der Waals surface area (Å²) in [6, 6.07) is 5.54. The van der Waals surface area contributed by atoms with Crippen molar-refractivity contribution in [3.63, 3.8) is 0 Å². The Labute approximate surface area is 96.7 Å². The van der Waals surface area contributed by atoms with E-state index < -0.39 is 0 Å². The fraction of sp³-hybridized carbons (Fsp3) is 0.308. The van der Waals surface area contributed by atoms with Crippen molar-refractivity contribution in [1.82, 2.24) is 0 Å². The molecule has 0 spiro atoms. The van der Waals surface area contributed by atoms with Crippen molar-refractivity contribution in [2.24, 2.45) is 0 Å². The number of rotatable bonds is 1. The monoisotopic (exact) mass is 212 g/mol. The van der Waals surface area contributed by atoms with E-state index in [9.17, 15) is 4.79 Å². The Morgan fingerprint density at radius 2 is 2.25 bits per heavy atom. The van der Waals surface area contributed by atoms with E-state index in [1.807, 2.05) is 18.2 Å². The van der Waals surface area contributed by atoms with Crippen LogP contribution in [0.5, 0.6) is 0 Å². The first kappa shape index (κ1) is 11.0. The number of aryl methyl sites for hydroxylation is 1. The van der Waals surface area contributed by atoms with Gasteiger partial charge in [0, 0.05) is 0 Å². The predicted molar refractivity (Wildman–Crippen MR) is 64.5 cm³/mol. The average molecular weight is 212 g/mol. The van der Waals surface area contributed by atoms with Gasteiger partial charge in [-0.1, -0.05) is 17.6 Å². The number of ether oxygens (including phenoxy) is 1. The third kappa shape index (κ3) is 2.03. The van der Waals surface area contributed by atoms with Crippen LogP contribution in [0.1, 0.15) is 34.3 Å². The van der Waals surface area contributed by atoms with E-state index in [2.05, 4.69) is 0 Å². The van der Waals surface area contributed by atoms with Gasteiger partial charge in [0.25, 0.3) is 0 Å². The second kappa shape index (κ2) is 4.56. The van der Waals surface area contributed by atoms with Crippen LogP contribution in [0.15, 0.2) is 24.3 Å². The molecule has 0 N–H and O–H groups in total. The minimum Gasteiger partial charge on any atom is -0.465 e. The van der Waals surface area contributed by atoms with E-state index in [0.29, 0.717) is 5.56 Å². The van der Waals surface area contributed by atoms with Gasteiger partial charge in [-0.3, -0.25) is 0 Å². The van der Waals surface area contributed by atoms with Crippen LogP contribution in [0, 0.1) is 0 Å². The molecule has 0 heterocycles. The quantitative estimate of drug-likeness (QED) is 0.527. The molecule has 2 nitrogen and oxygen atoms in total. The highest BCUT2D eigenvalue weighted by Crippen LogP contribution is 2.24. The summed E-state index contributed by atoms with van der Waals surface area (Å²) in [6.45, 7) is 0. The molecule has 1 aromatic rings. The van der Waals surface area contributed by atoms with Gasteiger partial charge in [-0.25, -0.2) is 4.79 Å². The first-order valence-electron chi connectivity index (χ1n) is 5.39. The van der Waals surface area contributed by atoms with Gasteiger partial charge in [0.1, 0.15) is 7.85 Å². The molecule has 0 atom stereocenters. The molecule has 80 valence electrons. The van der Waals surface area contributed by atoms with Crippen LogP contribution in [0.2, 0.25) is 0 Å². The van der Waals surface area contributed by atoms with Crippen LogP contribution in [-0.4, -0.2) is 20.9 Å². The first-order chi connectivity index (χ1) is 7.72. The van der Waals surface area contributed by atoms with Crippen LogP contribution in [-0.2, 0) is 11.2 Å². The number of benzene rings is 1. The van der Waals surface area contributed by atoms with Crippen molar-refractivity contribution in [2.75, 3.05) is 7.11 Å². The van der Waals surface area contributed by atoms with Gasteiger partial charge in [-0.15, -0.1) is 0 Å². The van der Waals surface area contributed by atoms with Gasteiger partial charge in [-0.2, -0.15) is 0 Å². The Balaban J connectivity index is 2.43. The Bertz CT molecular complexity index is 449. The van der Waals surface area contributed by atoms with E-state index in [1.54, 1.807) is 6.07 Å². The van der Waals surface area contributed by atoms with E-state index >= 15 is 0 Å². The Hall–Kier alpha value is -1.51. The minimum atomic E-state index is -0.297. The lowest BCUT2D eigenvalue weighted by Gasteiger charge is -2.09. The number of carbonyl (C=O) groups is 1. The third-order valence-corrected chi connectivity index (χ3v) is 2.85. The molecule has 16 heavy (non-hydrogen) atoms. The number of methoxy groups -OCH3 is 1. The SMILES string of the molecule is [B]C1=CCCCc2cc(C(=O)OC)ccc21. The summed E-state index contributed by atoms with van der Waals surface area (Å²) >= 11 is 0. The summed E-state index contributed by atoms with van der Waals surface area (Å²) in [5.74, 6) is -0.297. The lowest BCUT2D eigenvalue weighted by Crippen LogP contribution is -2.03. The predicted octanol–water partition coefficient (Wildman–Crippen LogP) is 2.32. The lowest BCUT2D eigenvalue weighted by atomic mass is 9.85. The van der Waals surface area contributed by atoms with E-state index in [-0.39, 0.29) is 5.97 Å². The Kier molecular flexibility index (Phi) is 3.13. The van der Waals surface area contributed by atoms with Gasteiger partial charge in [0.15, 0.2) is 0 Å². The fourth-order valence-electron chi connectivity index (χ4n) is 1.99. The van der Waals surface area contributed by atoms with Gasteiger partial charge >= 0.3 is 5.97 Å². The summed E-state index contributed by atoms with van der Waals surface area (Å²) in [4.78, 5) is 11.4. The van der Waals surface area contributed by atoms with Crippen LogP contribution >= 0.6 is 0 Å². The zero-order valence-corrected chi connectivity index (χ0v) is 9.32. The van der Waals surface area contributed by atoms with Crippen LogP contribution in [0.4, 0.5) is 0 Å². The van der Waals surface area contributed by atoms with Gasteiger partial charge in [0.05, 0.1) is 12.7 Å². The number of hydrogen-bond donors (Lipinski definition) is 0. The highest BCUT2D eigenvalue weighted by atomic mass is 16.5. The Morgan fingerprint density at radius 3 is 3.00 bits per heavy atom. The van der Waals surface area contributed by atoms with Gasteiger partial charge < -0.3 is 4.74 Å². The second-order valence-electron chi connectivity index (χ2n) is 3.92. The zero-order valence-electron chi connectivity index (χ0n) is 9.32. The minimum absolute atomic E-state index is 0.297. The van der Waals surface area contributed by atoms with E-state index in [0.717, 1.165) is 35.9 Å². The summed E-state index contributed by atoms with van der Waals surface area (Å²) in [5.41, 5.74) is 3.58. The fourth-order valence-corrected chi connectivity index (χ4v) is 1.99. The van der Waals surface area contributed by atoms with Gasteiger partial charge in [0.2, 0.25) is 0 Å². The van der Waals surface area contributed by atoms with Crippen LogP contribution in [0.3, 0.4) is 0 Å². The summed E-state index contributed by atoms with van der Waals surface area (Å²) < 4.78 is 4.70. The molecule has 0 amide bonds. The highest BCUT2D eigenvalue weighted by Gasteiger charge is 2.12. The molecular formula is C13H13BO2. The molecule has 0 unspecified atom stereocenters. The second-order valence-corrected chi connectivity index (χ2v) is 3.92. The molecule has 1 aliphatic carbocycles. The molecule has 3 heteroatoms. The van der Waals surface area contributed by atoms with Crippen molar-refractivity contribution in [1.29, 1.82) is 0 Å². The summed E-state index contributed by atoms with van der Waals surface area (Å²) in [5, 5.41) is 0. The first-order valence-corrected chi connectivity index (χ1v) is 5.39. The molecule has 0 aromatic heterocycles. The molecule has 2 rings (SSSR count). The van der Waals surface area contributed by atoms with Crippen molar-refractivity contribution in [3.8, 4) is 0 Å². The molecular weight excluding hydrogens is 199 g/mol. The molecule has 0 saturated heterocycles. The third-order valence-electron chi connectivity index (χ3n) is 2.85. The molecule has 2 radical (unpaired) electrons. The van der Waals surface area contributed by atoms with Crippen LogP contribution < -0.4 is 0 Å². The standard InChI is InChI=1S/C13H13BO2/c1-16-13(15)10-6-7-11-9(8-10)4-2-3-5-12(11)14/h5-8H,2-4H2,1H3. The number of carbonyl (C=O) groups excluding carboxylic acids is 1. The molecule has 0 aliphatic heterocycles.